The van der Waals surface area contributed by atoms with E-state index in [1.807, 2.05) is 31.2 Å². The van der Waals surface area contributed by atoms with Crippen LogP contribution in [-0.4, -0.2) is 18.5 Å². The Morgan fingerprint density at radius 1 is 1.29 bits per heavy atom. The van der Waals surface area contributed by atoms with E-state index in [1.165, 1.54) is 11.3 Å². The van der Waals surface area contributed by atoms with Gasteiger partial charge in [0.25, 0.3) is 5.91 Å². The Morgan fingerprint density at radius 3 is 2.61 bits per heavy atom. The number of carbonyl (C=O) groups excluding carboxylic acids is 1. The number of amides is 1. The lowest BCUT2D eigenvalue weighted by Crippen LogP contribution is -2.45. The molecule has 0 fully saturated rings. The van der Waals surface area contributed by atoms with E-state index in [2.05, 4.69) is 50.2 Å². The molecule has 0 spiro atoms. The maximum atomic E-state index is 12.5. The van der Waals surface area contributed by atoms with Gasteiger partial charge >= 0.3 is 0 Å². The SMILES string of the molecule is Cc1cc2c(cc1/C=C(/C#N)C(=O)Nc1ccccc1)[C@H](C)CC(C)(C)N2C. The van der Waals surface area contributed by atoms with Crippen LogP contribution in [0.15, 0.2) is 48.0 Å². The van der Waals surface area contributed by atoms with Crippen molar-refractivity contribution < 1.29 is 4.79 Å². The maximum Gasteiger partial charge on any atom is 0.266 e. The largest absolute Gasteiger partial charge is 0.369 e. The number of aryl methyl sites for hydroxylation is 1. The van der Waals surface area contributed by atoms with E-state index in [0.717, 1.165) is 17.5 Å². The average Bonchev–Trinajstić information content (AvgIpc) is 2.65. The number of nitrogens with zero attached hydrogens (tertiary/aromatic N) is 2. The Morgan fingerprint density at radius 2 is 1.96 bits per heavy atom. The molecule has 1 N–H and O–H groups in total. The number of hydrogen-bond acceptors (Lipinski definition) is 3. The highest BCUT2D eigenvalue weighted by molar-refractivity contribution is 6.09. The van der Waals surface area contributed by atoms with E-state index in [-0.39, 0.29) is 11.1 Å². The van der Waals surface area contributed by atoms with Crippen molar-refractivity contribution in [3.63, 3.8) is 0 Å². The predicted octanol–water partition coefficient (Wildman–Crippen LogP) is 5.26. The number of nitriles is 1. The summed E-state index contributed by atoms with van der Waals surface area (Å²) in [4.78, 5) is 14.9. The second kappa shape index (κ2) is 7.52. The molecule has 1 aliphatic rings. The Labute approximate surface area is 167 Å². The summed E-state index contributed by atoms with van der Waals surface area (Å²) in [6, 6.07) is 15.5. The minimum atomic E-state index is -0.392. The zero-order valence-electron chi connectivity index (χ0n) is 17.2. The van der Waals surface area contributed by atoms with Gasteiger partial charge in [0.2, 0.25) is 0 Å². The molecule has 28 heavy (non-hydrogen) atoms. The lowest BCUT2D eigenvalue weighted by molar-refractivity contribution is -0.112. The van der Waals surface area contributed by atoms with Crippen molar-refractivity contribution >= 4 is 23.4 Å². The van der Waals surface area contributed by atoms with E-state index in [0.29, 0.717) is 11.6 Å². The van der Waals surface area contributed by atoms with Gasteiger partial charge in [0, 0.05) is 24.0 Å². The highest BCUT2D eigenvalue weighted by Crippen LogP contribution is 2.43. The summed E-state index contributed by atoms with van der Waals surface area (Å²) >= 11 is 0. The van der Waals surface area contributed by atoms with Crippen molar-refractivity contribution in [1.29, 1.82) is 5.26 Å². The molecule has 1 atom stereocenters. The predicted molar refractivity (Wildman–Crippen MR) is 115 cm³/mol. The molecule has 0 unspecified atom stereocenters. The van der Waals surface area contributed by atoms with Crippen LogP contribution in [0.2, 0.25) is 0 Å². The monoisotopic (exact) mass is 373 g/mol. The zero-order chi connectivity index (χ0) is 20.5. The molecular formula is C24H27N3O. The van der Waals surface area contributed by atoms with Gasteiger partial charge in [-0.05, 0) is 80.1 Å². The molecule has 0 aromatic heterocycles. The van der Waals surface area contributed by atoms with Crippen molar-refractivity contribution in [1.82, 2.24) is 0 Å². The van der Waals surface area contributed by atoms with Crippen LogP contribution < -0.4 is 10.2 Å². The maximum absolute atomic E-state index is 12.5. The van der Waals surface area contributed by atoms with Crippen molar-refractivity contribution in [2.24, 2.45) is 0 Å². The molecule has 4 nitrogen and oxygen atoms in total. The summed E-state index contributed by atoms with van der Waals surface area (Å²) in [6.07, 6.45) is 2.75. The van der Waals surface area contributed by atoms with Crippen LogP contribution in [0.25, 0.3) is 6.08 Å². The molecule has 2 aromatic rings. The second-order valence-corrected chi connectivity index (χ2v) is 8.23. The van der Waals surface area contributed by atoms with Gasteiger partial charge in [-0.3, -0.25) is 4.79 Å². The van der Waals surface area contributed by atoms with Crippen LogP contribution in [-0.2, 0) is 4.79 Å². The fourth-order valence-electron chi connectivity index (χ4n) is 3.91. The molecule has 4 heteroatoms. The fraction of sp³-hybridized carbons (Fsp3) is 0.333. The molecular weight excluding hydrogens is 346 g/mol. The van der Waals surface area contributed by atoms with Crippen LogP contribution in [0.4, 0.5) is 11.4 Å². The first-order valence-electron chi connectivity index (χ1n) is 9.59. The first kappa shape index (κ1) is 19.7. The Balaban J connectivity index is 1.96. The minimum Gasteiger partial charge on any atom is -0.369 e. The van der Waals surface area contributed by atoms with Gasteiger partial charge in [0.1, 0.15) is 11.6 Å². The molecule has 0 radical (unpaired) electrons. The molecule has 1 heterocycles. The van der Waals surface area contributed by atoms with Crippen LogP contribution in [0.1, 0.15) is 49.8 Å². The van der Waals surface area contributed by atoms with Crippen LogP contribution in [0, 0.1) is 18.3 Å². The molecule has 1 amide bonds. The third kappa shape index (κ3) is 3.80. The van der Waals surface area contributed by atoms with Gasteiger partial charge in [0.05, 0.1) is 0 Å². The number of rotatable bonds is 3. The first-order chi connectivity index (χ1) is 13.2. The smallest absolute Gasteiger partial charge is 0.266 e. The molecule has 0 bridgehead atoms. The van der Waals surface area contributed by atoms with Crippen molar-refractivity contribution in [2.75, 3.05) is 17.3 Å². The average molecular weight is 374 g/mol. The quantitative estimate of drug-likeness (QED) is 0.589. The summed E-state index contributed by atoms with van der Waals surface area (Å²) in [6.45, 7) is 8.79. The topological polar surface area (TPSA) is 56.1 Å². The van der Waals surface area contributed by atoms with Crippen molar-refractivity contribution in [2.45, 2.75) is 45.6 Å². The van der Waals surface area contributed by atoms with Gasteiger partial charge in [-0.2, -0.15) is 5.26 Å². The number of carbonyl (C=O) groups is 1. The molecule has 0 saturated heterocycles. The van der Waals surface area contributed by atoms with Gasteiger partial charge in [-0.25, -0.2) is 0 Å². The van der Waals surface area contributed by atoms with Crippen molar-refractivity contribution in [3.05, 3.63) is 64.7 Å². The van der Waals surface area contributed by atoms with Gasteiger partial charge in [-0.15, -0.1) is 0 Å². The fourth-order valence-corrected chi connectivity index (χ4v) is 3.91. The van der Waals surface area contributed by atoms with E-state index < -0.39 is 5.91 Å². The molecule has 1 aliphatic heterocycles. The Kier molecular flexibility index (Phi) is 5.29. The molecule has 3 rings (SSSR count). The lowest BCUT2D eigenvalue weighted by atomic mass is 9.79. The number of para-hydroxylation sites is 1. The standard InChI is InChI=1S/C24H27N3O/c1-16-11-22-21(17(2)14-24(3,4)27(22)5)13-18(16)12-19(15-25)23(28)26-20-9-7-6-8-10-20/h6-13,17H,14H2,1-5H3,(H,26,28)/b19-12-/t17-/m1/s1. The van der Waals surface area contributed by atoms with Crippen LogP contribution in [0.3, 0.4) is 0 Å². The third-order valence-electron chi connectivity index (χ3n) is 5.72. The number of nitrogens with one attached hydrogen (secondary N) is 1. The normalized spacial score (nSPS) is 18.2. The van der Waals surface area contributed by atoms with E-state index >= 15 is 0 Å². The Hall–Kier alpha value is -3.06. The second-order valence-electron chi connectivity index (χ2n) is 8.23. The summed E-state index contributed by atoms with van der Waals surface area (Å²) in [5.74, 6) is 0.0229. The number of hydrogen-bond donors (Lipinski definition) is 1. The molecule has 144 valence electrons. The number of fused-ring (bicyclic) bond motifs is 1. The highest BCUT2D eigenvalue weighted by atomic mass is 16.1. The number of anilines is 2. The summed E-state index contributed by atoms with van der Waals surface area (Å²) in [5, 5.41) is 12.3. The lowest BCUT2D eigenvalue weighted by Gasteiger charge is -2.45. The van der Waals surface area contributed by atoms with Gasteiger partial charge in [-0.1, -0.05) is 25.1 Å². The van der Waals surface area contributed by atoms with Crippen LogP contribution >= 0.6 is 0 Å². The molecule has 0 saturated carbocycles. The first-order valence-corrected chi connectivity index (χ1v) is 9.59. The van der Waals surface area contributed by atoms with Crippen molar-refractivity contribution in [3.8, 4) is 6.07 Å². The van der Waals surface area contributed by atoms with Gasteiger partial charge in [0.15, 0.2) is 0 Å². The van der Waals surface area contributed by atoms with Crippen LogP contribution in [0.5, 0.6) is 0 Å². The highest BCUT2D eigenvalue weighted by Gasteiger charge is 2.34. The zero-order valence-corrected chi connectivity index (χ0v) is 17.2. The van der Waals surface area contributed by atoms with E-state index in [4.69, 9.17) is 0 Å². The van der Waals surface area contributed by atoms with Gasteiger partial charge < -0.3 is 10.2 Å². The van der Waals surface area contributed by atoms with E-state index in [1.54, 1.807) is 18.2 Å². The summed E-state index contributed by atoms with van der Waals surface area (Å²) in [5.41, 5.74) is 5.33. The molecule has 0 aliphatic carbocycles. The Bertz CT molecular complexity index is 967. The third-order valence-corrected chi connectivity index (χ3v) is 5.72. The molecule has 2 aromatic carbocycles. The summed E-state index contributed by atoms with van der Waals surface area (Å²) in [7, 11) is 2.13. The summed E-state index contributed by atoms with van der Waals surface area (Å²) < 4.78 is 0. The number of benzene rings is 2. The minimum absolute atomic E-state index is 0.101. The van der Waals surface area contributed by atoms with E-state index in [9.17, 15) is 10.1 Å².